The summed E-state index contributed by atoms with van der Waals surface area (Å²) in [5.41, 5.74) is 2.09. The third kappa shape index (κ3) is 6.66. The highest BCUT2D eigenvalue weighted by Gasteiger charge is 1.91. The number of benzene rings is 1. The Hall–Kier alpha value is -1.87. The Morgan fingerprint density at radius 1 is 1.28 bits per heavy atom. The van der Waals surface area contributed by atoms with Crippen molar-refractivity contribution in [2.75, 3.05) is 6.61 Å². The van der Waals surface area contributed by atoms with Gasteiger partial charge in [0.25, 0.3) is 0 Å². The van der Waals surface area contributed by atoms with Gasteiger partial charge in [-0.15, -0.1) is 0 Å². The van der Waals surface area contributed by atoms with E-state index < -0.39 is 5.97 Å². The Balaban J connectivity index is 2.18. The number of carboxylic acid groups (broad SMARTS) is 1. The molecule has 0 amide bonds. The van der Waals surface area contributed by atoms with Gasteiger partial charge in [0.2, 0.25) is 0 Å². The zero-order chi connectivity index (χ0) is 13.2. The normalized spacial score (nSPS) is 11.9. The van der Waals surface area contributed by atoms with Crippen molar-refractivity contribution < 1.29 is 14.6 Å². The zero-order valence-electron chi connectivity index (χ0n) is 10.5. The van der Waals surface area contributed by atoms with E-state index in [9.17, 15) is 4.79 Å². The lowest BCUT2D eigenvalue weighted by Crippen LogP contribution is -1.94. The lowest BCUT2D eigenvalue weighted by atomic mass is 10.2. The van der Waals surface area contributed by atoms with Crippen LogP contribution in [0.1, 0.15) is 18.9 Å². The van der Waals surface area contributed by atoms with Gasteiger partial charge in [0, 0.05) is 6.08 Å². The van der Waals surface area contributed by atoms with Gasteiger partial charge < -0.3 is 9.84 Å². The van der Waals surface area contributed by atoms with Crippen LogP contribution in [0.25, 0.3) is 0 Å². The van der Waals surface area contributed by atoms with Crippen LogP contribution in [0.2, 0.25) is 0 Å². The summed E-state index contributed by atoms with van der Waals surface area (Å²) in [5.74, 6) is -0.928. The number of allylic oxidation sites excluding steroid dienone is 2. The van der Waals surface area contributed by atoms with Crippen molar-refractivity contribution in [1.29, 1.82) is 0 Å². The summed E-state index contributed by atoms with van der Waals surface area (Å²) < 4.78 is 5.51. The van der Waals surface area contributed by atoms with Crippen molar-refractivity contribution >= 4 is 5.97 Å². The molecule has 0 unspecified atom stereocenters. The number of hydrogen-bond acceptors (Lipinski definition) is 2. The molecule has 0 bridgehead atoms. The van der Waals surface area contributed by atoms with E-state index in [1.54, 1.807) is 6.08 Å². The smallest absolute Gasteiger partial charge is 0.328 e. The predicted octanol–water partition coefficient (Wildman–Crippen LogP) is 3.18. The van der Waals surface area contributed by atoms with Crippen LogP contribution in [-0.4, -0.2) is 17.7 Å². The lowest BCUT2D eigenvalue weighted by molar-refractivity contribution is -0.131. The van der Waals surface area contributed by atoms with Crippen molar-refractivity contribution in [3.8, 4) is 0 Å². The molecule has 3 nitrogen and oxygen atoms in total. The fourth-order valence-corrected chi connectivity index (χ4v) is 1.40. The lowest BCUT2D eigenvalue weighted by Gasteiger charge is -2.02. The minimum atomic E-state index is -0.928. The molecule has 0 radical (unpaired) electrons. The number of hydrogen-bond donors (Lipinski definition) is 1. The SMILES string of the molecule is CC(/C=C/C(=O)O)=C\CCOCc1ccccc1. The maximum absolute atomic E-state index is 10.3. The second-order valence-corrected chi connectivity index (χ2v) is 3.95. The molecule has 0 aliphatic rings. The quantitative estimate of drug-likeness (QED) is 0.456. The molecule has 0 fully saturated rings. The standard InChI is InChI=1S/C15H18O3/c1-13(9-10-15(16)17)6-5-11-18-12-14-7-3-2-4-8-14/h2-4,6-10H,5,11-12H2,1H3,(H,16,17)/b10-9+,13-6+. The Bertz CT molecular complexity index is 419. The molecule has 1 N–H and O–H groups in total. The minimum absolute atomic E-state index is 0.610. The highest BCUT2D eigenvalue weighted by atomic mass is 16.5. The van der Waals surface area contributed by atoms with E-state index in [4.69, 9.17) is 9.84 Å². The summed E-state index contributed by atoms with van der Waals surface area (Å²) in [5, 5.41) is 8.46. The Morgan fingerprint density at radius 2 is 2.00 bits per heavy atom. The maximum atomic E-state index is 10.3. The average Bonchev–Trinajstić information content (AvgIpc) is 2.37. The molecule has 1 aromatic rings. The largest absolute Gasteiger partial charge is 0.478 e. The number of rotatable bonds is 7. The second-order valence-electron chi connectivity index (χ2n) is 3.95. The zero-order valence-corrected chi connectivity index (χ0v) is 10.5. The van der Waals surface area contributed by atoms with Gasteiger partial charge in [-0.3, -0.25) is 0 Å². The molecular weight excluding hydrogens is 228 g/mol. The van der Waals surface area contributed by atoms with E-state index in [0.717, 1.165) is 23.6 Å². The van der Waals surface area contributed by atoms with Crippen molar-refractivity contribution in [3.63, 3.8) is 0 Å². The highest BCUT2D eigenvalue weighted by molar-refractivity contribution is 5.80. The van der Waals surface area contributed by atoms with Gasteiger partial charge in [0.15, 0.2) is 0 Å². The summed E-state index contributed by atoms with van der Waals surface area (Å²) in [6.07, 6.45) is 5.46. The van der Waals surface area contributed by atoms with Crippen LogP contribution in [0.15, 0.2) is 54.1 Å². The first kappa shape index (κ1) is 14.2. The van der Waals surface area contributed by atoms with Gasteiger partial charge >= 0.3 is 5.97 Å². The third-order valence-corrected chi connectivity index (χ3v) is 2.33. The van der Waals surface area contributed by atoms with Crippen LogP contribution in [-0.2, 0) is 16.1 Å². The van der Waals surface area contributed by atoms with Crippen molar-refractivity contribution in [2.45, 2.75) is 20.0 Å². The van der Waals surface area contributed by atoms with Crippen molar-refractivity contribution in [3.05, 3.63) is 59.7 Å². The average molecular weight is 246 g/mol. The number of ether oxygens (including phenoxy) is 1. The molecule has 18 heavy (non-hydrogen) atoms. The molecule has 0 aliphatic heterocycles. The summed E-state index contributed by atoms with van der Waals surface area (Å²) in [4.78, 5) is 10.3. The molecule has 0 heterocycles. The first-order valence-corrected chi connectivity index (χ1v) is 5.88. The van der Waals surface area contributed by atoms with Crippen LogP contribution >= 0.6 is 0 Å². The minimum Gasteiger partial charge on any atom is -0.478 e. The van der Waals surface area contributed by atoms with E-state index in [0.29, 0.717) is 13.2 Å². The van der Waals surface area contributed by atoms with Gasteiger partial charge in [-0.05, 0) is 18.9 Å². The van der Waals surface area contributed by atoms with Crippen LogP contribution in [0.5, 0.6) is 0 Å². The van der Waals surface area contributed by atoms with E-state index in [1.807, 2.05) is 43.3 Å². The summed E-state index contributed by atoms with van der Waals surface area (Å²) in [7, 11) is 0. The van der Waals surface area contributed by atoms with Crippen LogP contribution in [0.3, 0.4) is 0 Å². The monoisotopic (exact) mass is 246 g/mol. The summed E-state index contributed by atoms with van der Waals surface area (Å²) >= 11 is 0. The Labute approximate surface area is 107 Å². The molecule has 0 saturated heterocycles. The van der Waals surface area contributed by atoms with E-state index in [-0.39, 0.29) is 0 Å². The van der Waals surface area contributed by atoms with Crippen molar-refractivity contribution in [1.82, 2.24) is 0 Å². The molecule has 0 aromatic heterocycles. The third-order valence-electron chi connectivity index (χ3n) is 2.33. The Kier molecular flexibility index (Phi) is 6.51. The molecule has 3 heteroatoms. The van der Waals surface area contributed by atoms with Crippen LogP contribution in [0.4, 0.5) is 0 Å². The van der Waals surface area contributed by atoms with Crippen LogP contribution < -0.4 is 0 Å². The molecule has 1 aromatic carbocycles. The highest BCUT2D eigenvalue weighted by Crippen LogP contribution is 2.02. The number of carboxylic acids is 1. The summed E-state index contributed by atoms with van der Waals surface area (Å²) in [6.45, 7) is 3.11. The molecule has 0 saturated carbocycles. The molecular formula is C15H18O3. The first-order chi connectivity index (χ1) is 8.68. The van der Waals surface area contributed by atoms with Crippen molar-refractivity contribution in [2.24, 2.45) is 0 Å². The fourth-order valence-electron chi connectivity index (χ4n) is 1.40. The van der Waals surface area contributed by atoms with Gasteiger partial charge in [-0.2, -0.15) is 0 Å². The second kappa shape index (κ2) is 8.25. The van der Waals surface area contributed by atoms with Gasteiger partial charge in [0.05, 0.1) is 13.2 Å². The Morgan fingerprint density at radius 3 is 2.67 bits per heavy atom. The molecule has 0 aliphatic carbocycles. The topological polar surface area (TPSA) is 46.5 Å². The molecule has 96 valence electrons. The van der Waals surface area contributed by atoms with E-state index >= 15 is 0 Å². The molecule has 0 spiro atoms. The number of aliphatic carboxylic acids is 1. The summed E-state index contributed by atoms with van der Waals surface area (Å²) in [6, 6.07) is 10.00. The van der Waals surface area contributed by atoms with Gasteiger partial charge in [0.1, 0.15) is 0 Å². The van der Waals surface area contributed by atoms with Gasteiger partial charge in [-0.25, -0.2) is 4.79 Å². The van der Waals surface area contributed by atoms with Gasteiger partial charge in [-0.1, -0.05) is 48.1 Å². The molecule has 0 atom stereocenters. The fraction of sp³-hybridized carbons (Fsp3) is 0.267. The van der Waals surface area contributed by atoms with E-state index in [1.165, 1.54) is 0 Å². The van der Waals surface area contributed by atoms with E-state index in [2.05, 4.69) is 0 Å². The maximum Gasteiger partial charge on any atom is 0.328 e. The predicted molar refractivity (Wildman–Crippen MR) is 71.2 cm³/mol. The van der Waals surface area contributed by atoms with Crippen LogP contribution in [0, 0.1) is 0 Å². The number of carbonyl (C=O) groups is 1. The first-order valence-electron chi connectivity index (χ1n) is 5.88. The molecule has 1 rings (SSSR count).